The third-order valence-electron chi connectivity index (χ3n) is 3.82. The lowest BCUT2D eigenvalue weighted by atomic mass is 10.3. The van der Waals surface area contributed by atoms with Crippen molar-refractivity contribution < 1.29 is 14.0 Å². The van der Waals surface area contributed by atoms with E-state index in [9.17, 15) is 0 Å². The van der Waals surface area contributed by atoms with Crippen LogP contribution in [0, 0.1) is 0 Å². The van der Waals surface area contributed by atoms with Crippen LogP contribution in [0.15, 0.2) is 27.7 Å². The first-order chi connectivity index (χ1) is 11.8. The Morgan fingerprint density at radius 3 is 2.84 bits per heavy atom. The standard InChI is InChI=1S/C16H19N5O3.HI/c17-16(18-9-14-20-15(24-21-14)10-2-3-10)19-11-4-5-12-13(8-11)23-7-1-6-22-12;/h4-5,8,10H,1-3,6-7,9H2,(H3,17,18,19);1H. The van der Waals surface area contributed by atoms with Gasteiger partial charge in [-0.25, -0.2) is 4.99 Å². The van der Waals surface area contributed by atoms with Crippen LogP contribution in [0.25, 0.3) is 0 Å². The summed E-state index contributed by atoms with van der Waals surface area (Å²) in [6.45, 7) is 1.58. The second-order valence-corrected chi connectivity index (χ2v) is 5.86. The van der Waals surface area contributed by atoms with E-state index in [0.717, 1.165) is 30.7 Å². The molecule has 1 saturated carbocycles. The van der Waals surface area contributed by atoms with Gasteiger partial charge in [-0.1, -0.05) is 5.16 Å². The van der Waals surface area contributed by atoms with Gasteiger partial charge in [0.15, 0.2) is 23.3 Å². The average molecular weight is 457 g/mol. The predicted molar refractivity (Wildman–Crippen MR) is 103 cm³/mol. The van der Waals surface area contributed by atoms with E-state index in [4.69, 9.17) is 19.7 Å². The number of nitrogens with zero attached hydrogens (tertiary/aromatic N) is 3. The number of hydrogen-bond acceptors (Lipinski definition) is 6. The van der Waals surface area contributed by atoms with Crippen molar-refractivity contribution >= 4 is 35.6 Å². The molecule has 2 aliphatic rings. The van der Waals surface area contributed by atoms with Gasteiger partial charge in [-0.15, -0.1) is 24.0 Å². The predicted octanol–water partition coefficient (Wildman–Crippen LogP) is 2.65. The molecular weight excluding hydrogens is 437 g/mol. The minimum Gasteiger partial charge on any atom is -0.490 e. The first-order valence-corrected chi connectivity index (χ1v) is 8.07. The molecule has 0 atom stereocenters. The molecule has 8 nitrogen and oxygen atoms in total. The number of nitrogens with two attached hydrogens (primary N) is 1. The summed E-state index contributed by atoms with van der Waals surface area (Å²) in [5.74, 6) is 3.41. The number of halogens is 1. The number of nitrogens with one attached hydrogen (secondary N) is 1. The van der Waals surface area contributed by atoms with E-state index in [-0.39, 0.29) is 36.5 Å². The molecule has 2 aromatic rings. The molecule has 0 unspecified atom stereocenters. The number of hydrogen-bond donors (Lipinski definition) is 2. The molecule has 0 radical (unpaired) electrons. The summed E-state index contributed by atoms with van der Waals surface area (Å²) in [5.41, 5.74) is 6.70. The molecule has 1 fully saturated rings. The van der Waals surface area contributed by atoms with Crippen molar-refractivity contribution in [2.75, 3.05) is 18.5 Å². The Morgan fingerprint density at radius 2 is 2.04 bits per heavy atom. The van der Waals surface area contributed by atoms with Crippen LogP contribution in [0.1, 0.15) is 36.9 Å². The molecule has 1 aliphatic heterocycles. The Balaban J connectivity index is 0.00000182. The molecule has 1 aromatic carbocycles. The molecule has 134 valence electrons. The fourth-order valence-electron chi connectivity index (χ4n) is 2.41. The van der Waals surface area contributed by atoms with E-state index in [1.807, 2.05) is 18.2 Å². The summed E-state index contributed by atoms with van der Waals surface area (Å²) in [4.78, 5) is 8.55. The molecule has 25 heavy (non-hydrogen) atoms. The SMILES string of the molecule is I.NC(=NCc1noc(C2CC2)n1)Nc1ccc2c(c1)OCCCO2. The minimum atomic E-state index is 0. The smallest absolute Gasteiger partial charge is 0.229 e. The Kier molecular flexibility index (Phi) is 5.61. The van der Waals surface area contributed by atoms with Gasteiger partial charge in [-0.2, -0.15) is 4.98 Å². The number of fused-ring (bicyclic) bond motifs is 1. The van der Waals surface area contributed by atoms with Gasteiger partial charge in [0.05, 0.1) is 13.2 Å². The zero-order valence-corrected chi connectivity index (χ0v) is 15.9. The molecular formula is C16H20IN5O3. The van der Waals surface area contributed by atoms with Crippen LogP contribution in [-0.2, 0) is 6.54 Å². The molecule has 0 bridgehead atoms. The van der Waals surface area contributed by atoms with Gasteiger partial charge < -0.3 is 25.0 Å². The zero-order chi connectivity index (χ0) is 16.4. The summed E-state index contributed by atoms with van der Waals surface area (Å²) in [5, 5.41) is 6.94. The lowest BCUT2D eigenvalue weighted by molar-refractivity contribution is 0.297. The highest BCUT2D eigenvalue weighted by molar-refractivity contribution is 14.0. The van der Waals surface area contributed by atoms with E-state index in [2.05, 4.69) is 20.4 Å². The number of rotatable bonds is 4. The Morgan fingerprint density at radius 1 is 1.24 bits per heavy atom. The lowest BCUT2D eigenvalue weighted by Crippen LogP contribution is -2.22. The molecule has 0 spiro atoms. The van der Waals surface area contributed by atoms with Crippen molar-refractivity contribution in [2.45, 2.75) is 31.7 Å². The first kappa shape index (κ1) is 17.8. The Bertz CT molecular complexity index is 760. The van der Waals surface area contributed by atoms with Crippen molar-refractivity contribution in [1.29, 1.82) is 0 Å². The van der Waals surface area contributed by atoms with Gasteiger partial charge in [0, 0.05) is 24.1 Å². The number of aromatic nitrogens is 2. The summed E-state index contributed by atoms with van der Waals surface area (Å²) in [7, 11) is 0. The second kappa shape index (κ2) is 7.89. The largest absolute Gasteiger partial charge is 0.490 e. The highest BCUT2D eigenvalue weighted by Crippen LogP contribution is 2.38. The van der Waals surface area contributed by atoms with Gasteiger partial charge in [0.1, 0.15) is 6.54 Å². The van der Waals surface area contributed by atoms with Gasteiger partial charge in [-0.3, -0.25) is 0 Å². The van der Waals surface area contributed by atoms with Crippen LogP contribution in [-0.4, -0.2) is 29.3 Å². The van der Waals surface area contributed by atoms with E-state index < -0.39 is 0 Å². The molecule has 9 heteroatoms. The maximum atomic E-state index is 5.92. The number of anilines is 1. The Hall–Kier alpha value is -2.04. The zero-order valence-electron chi connectivity index (χ0n) is 13.6. The van der Waals surface area contributed by atoms with Crippen LogP contribution in [0.3, 0.4) is 0 Å². The number of aliphatic imine (C=N–C) groups is 1. The molecule has 1 aromatic heterocycles. The van der Waals surface area contributed by atoms with Crippen LogP contribution in [0.2, 0.25) is 0 Å². The maximum Gasteiger partial charge on any atom is 0.229 e. The fraction of sp³-hybridized carbons (Fsp3) is 0.438. The van der Waals surface area contributed by atoms with E-state index in [1.165, 1.54) is 0 Å². The van der Waals surface area contributed by atoms with Crippen LogP contribution in [0.5, 0.6) is 11.5 Å². The van der Waals surface area contributed by atoms with Crippen molar-refractivity contribution in [1.82, 2.24) is 10.1 Å². The number of ether oxygens (including phenoxy) is 2. The van der Waals surface area contributed by atoms with E-state index >= 15 is 0 Å². The monoisotopic (exact) mass is 457 g/mol. The van der Waals surface area contributed by atoms with Gasteiger partial charge in [0.2, 0.25) is 5.89 Å². The highest BCUT2D eigenvalue weighted by atomic mass is 127. The molecule has 0 saturated heterocycles. The Labute approximate surface area is 162 Å². The van der Waals surface area contributed by atoms with Crippen molar-refractivity contribution in [3.8, 4) is 11.5 Å². The third kappa shape index (κ3) is 4.53. The van der Waals surface area contributed by atoms with Gasteiger partial charge in [-0.05, 0) is 25.0 Å². The number of benzene rings is 1. The highest BCUT2D eigenvalue weighted by Gasteiger charge is 2.29. The lowest BCUT2D eigenvalue weighted by Gasteiger charge is -2.10. The topological polar surface area (TPSA) is 108 Å². The molecule has 4 rings (SSSR count). The van der Waals surface area contributed by atoms with E-state index in [0.29, 0.717) is 36.6 Å². The maximum absolute atomic E-state index is 5.92. The minimum absolute atomic E-state index is 0. The third-order valence-corrected chi connectivity index (χ3v) is 3.82. The molecule has 3 N–H and O–H groups in total. The quantitative estimate of drug-likeness (QED) is 0.413. The average Bonchev–Trinajstić information content (AvgIpc) is 3.36. The summed E-state index contributed by atoms with van der Waals surface area (Å²) in [6.07, 6.45) is 3.12. The van der Waals surface area contributed by atoms with Crippen molar-refractivity contribution in [3.63, 3.8) is 0 Å². The summed E-state index contributed by atoms with van der Waals surface area (Å²) >= 11 is 0. The first-order valence-electron chi connectivity index (χ1n) is 8.07. The van der Waals surface area contributed by atoms with Gasteiger partial charge >= 0.3 is 0 Å². The molecule has 1 aliphatic carbocycles. The van der Waals surface area contributed by atoms with Crippen LogP contribution >= 0.6 is 24.0 Å². The van der Waals surface area contributed by atoms with Gasteiger partial charge in [0.25, 0.3) is 0 Å². The fourth-order valence-corrected chi connectivity index (χ4v) is 2.41. The normalized spacial score (nSPS) is 16.7. The van der Waals surface area contributed by atoms with Crippen molar-refractivity contribution in [3.05, 3.63) is 29.9 Å². The second-order valence-electron chi connectivity index (χ2n) is 5.86. The van der Waals surface area contributed by atoms with Crippen LogP contribution < -0.4 is 20.5 Å². The summed E-state index contributed by atoms with van der Waals surface area (Å²) in [6, 6.07) is 5.58. The number of guanidine groups is 1. The summed E-state index contributed by atoms with van der Waals surface area (Å²) < 4.78 is 16.4. The van der Waals surface area contributed by atoms with Crippen LogP contribution in [0.4, 0.5) is 5.69 Å². The van der Waals surface area contributed by atoms with Crippen molar-refractivity contribution in [2.24, 2.45) is 10.7 Å². The van der Waals surface area contributed by atoms with E-state index in [1.54, 1.807) is 0 Å². The molecule has 2 heterocycles. The molecule has 0 amide bonds.